The van der Waals surface area contributed by atoms with Crippen molar-refractivity contribution in [2.75, 3.05) is 7.11 Å². The van der Waals surface area contributed by atoms with Gasteiger partial charge >= 0.3 is 5.63 Å². The number of nitrogens with zero attached hydrogens (tertiary/aromatic N) is 1. The number of rotatable bonds is 3. The molecular weight excluding hydrogens is 322 g/mol. The third kappa shape index (κ3) is 2.59. The molecule has 0 aliphatic heterocycles. The highest BCUT2D eigenvalue weighted by molar-refractivity contribution is 7.13. The summed E-state index contributed by atoms with van der Waals surface area (Å²) in [5, 5.41) is 3.40. The van der Waals surface area contributed by atoms with Gasteiger partial charge in [-0.3, -0.25) is 0 Å². The molecular formula is C19H13NO3S. The molecule has 0 saturated carbocycles. The van der Waals surface area contributed by atoms with Crippen molar-refractivity contribution in [3.63, 3.8) is 0 Å². The molecule has 0 N–H and O–H groups in total. The normalized spacial score (nSPS) is 10.9. The zero-order chi connectivity index (χ0) is 16.5. The molecule has 0 amide bonds. The van der Waals surface area contributed by atoms with Crippen LogP contribution in [-0.2, 0) is 0 Å². The van der Waals surface area contributed by atoms with E-state index in [2.05, 4.69) is 4.98 Å². The first-order chi connectivity index (χ1) is 11.7. The summed E-state index contributed by atoms with van der Waals surface area (Å²) in [6.45, 7) is 0. The Morgan fingerprint density at radius 3 is 2.71 bits per heavy atom. The lowest BCUT2D eigenvalue weighted by Crippen LogP contribution is -2.02. The van der Waals surface area contributed by atoms with Crippen molar-refractivity contribution in [2.45, 2.75) is 0 Å². The standard InChI is InChI=1S/C19H13NO3S/c1-22-14-7-8-17-13(9-14)10-15(19(21)23-17)18-20-16(11-24-18)12-5-3-2-4-6-12/h2-11H,1H3. The smallest absolute Gasteiger partial charge is 0.346 e. The molecule has 2 aromatic heterocycles. The van der Waals surface area contributed by atoms with Crippen LogP contribution in [0.3, 0.4) is 0 Å². The predicted octanol–water partition coefficient (Wildman–Crippen LogP) is 4.59. The first-order valence-electron chi connectivity index (χ1n) is 7.38. The Kier molecular flexibility index (Phi) is 3.63. The number of aromatic nitrogens is 1. The number of hydrogen-bond donors (Lipinski definition) is 0. The van der Waals surface area contributed by atoms with Gasteiger partial charge in [-0.1, -0.05) is 30.3 Å². The van der Waals surface area contributed by atoms with Crippen LogP contribution in [0.4, 0.5) is 0 Å². The van der Waals surface area contributed by atoms with Crippen molar-refractivity contribution >= 4 is 22.3 Å². The maximum absolute atomic E-state index is 12.3. The van der Waals surface area contributed by atoms with Gasteiger partial charge in [-0.2, -0.15) is 0 Å². The molecule has 4 aromatic rings. The molecule has 4 nitrogen and oxygen atoms in total. The van der Waals surface area contributed by atoms with Crippen LogP contribution in [0.2, 0.25) is 0 Å². The average Bonchev–Trinajstić information content (AvgIpc) is 3.11. The molecule has 0 fully saturated rings. The first-order valence-corrected chi connectivity index (χ1v) is 8.26. The van der Waals surface area contributed by atoms with Gasteiger partial charge in [0.25, 0.3) is 0 Å². The van der Waals surface area contributed by atoms with Crippen LogP contribution >= 0.6 is 11.3 Å². The molecule has 24 heavy (non-hydrogen) atoms. The molecule has 0 spiro atoms. The number of ether oxygens (including phenoxy) is 1. The van der Waals surface area contributed by atoms with Gasteiger partial charge in [0, 0.05) is 16.3 Å². The summed E-state index contributed by atoms with van der Waals surface area (Å²) >= 11 is 1.43. The highest BCUT2D eigenvalue weighted by atomic mass is 32.1. The summed E-state index contributed by atoms with van der Waals surface area (Å²) in [6, 6.07) is 17.0. The van der Waals surface area contributed by atoms with E-state index < -0.39 is 0 Å². The van der Waals surface area contributed by atoms with E-state index in [9.17, 15) is 4.79 Å². The molecule has 0 bridgehead atoms. The van der Waals surface area contributed by atoms with Crippen molar-refractivity contribution in [1.82, 2.24) is 4.98 Å². The SMILES string of the molecule is COc1ccc2oc(=O)c(-c3nc(-c4ccccc4)cs3)cc2c1. The average molecular weight is 335 g/mol. The molecule has 0 atom stereocenters. The molecule has 4 rings (SSSR count). The number of benzene rings is 2. The molecule has 0 unspecified atom stereocenters. The van der Waals surface area contributed by atoms with Crippen molar-refractivity contribution in [2.24, 2.45) is 0 Å². The van der Waals surface area contributed by atoms with Crippen molar-refractivity contribution in [1.29, 1.82) is 0 Å². The second kappa shape index (κ2) is 5.94. The van der Waals surface area contributed by atoms with E-state index in [1.54, 1.807) is 25.3 Å². The van der Waals surface area contributed by atoms with Gasteiger partial charge in [-0.25, -0.2) is 9.78 Å². The minimum absolute atomic E-state index is 0.387. The Morgan fingerprint density at radius 2 is 1.92 bits per heavy atom. The molecule has 0 radical (unpaired) electrons. The third-order valence-electron chi connectivity index (χ3n) is 3.74. The maximum atomic E-state index is 12.3. The van der Waals surface area contributed by atoms with E-state index in [1.165, 1.54) is 11.3 Å². The quantitative estimate of drug-likeness (QED) is 0.514. The number of methoxy groups -OCH3 is 1. The Morgan fingerprint density at radius 1 is 1.08 bits per heavy atom. The van der Waals surface area contributed by atoms with Crippen LogP contribution in [0.25, 0.3) is 32.8 Å². The Balaban J connectivity index is 1.83. The molecule has 118 valence electrons. The van der Waals surface area contributed by atoms with Crippen molar-refractivity contribution in [3.05, 3.63) is 70.4 Å². The Bertz CT molecular complexity index is 1070. The molecule has 2 heterocycles. The van der Waals surface area contributed by atoms with Gasteiger partial charge in [-0.05, 0) is 24.3 Å². The minimum Gasteiger partial charge on any atom is -0.497 e. The molecule has 2 aromatic carbocycles. The maximum Gasteiger partial charge on any atom is 0.346 e. The second-order valence-electron chi connectivity index (χ2n) is 5.26. The third-order valence-corrected chi connectivity index (χ3v) is 4.62. The summed E-state index contributed by atoms with van der Waals surface area (Å²) in [6.07, 6.45) is 0. The molecule has 0 saturated heterocycles. The fraction of sp³-hybridized carbons (Fsp3) is 0.0526. The fourth-order valence-corrected chi connectivity index (χ4v) is 3.35. The van der Waals surface area contributed by atoms with Gasteiger partial charge in [0.1, 0.15) is 16.3 Å². The number of hydrogen-bond acceptors (Lipinski definition) is 5. The summed E-state index contributed by atoms with van der Waals surface area (Å²) in [7, 11) is 1.61. The van der Waals surface area contributed by atoms with Gasteiger partial charge in [0.2, 0.25) is 0 Å². The minimum atomic E-state index is -0.387. The van der Waals surface area contributed by atoms with Crippen molar-refractivity contribution in [3.8, 4) is 27.6 Å². The van der Waals surface area contributed by atoms with E-state index in [1.807, 2.05) is 41.8 Å². The Hall–Kier alpha value is -2.92. The van der Waals surface area contributed by atoms with E-state index in [0.29, 0.717) is 21.9 Å². The molecule has 0 aliphatic carbocycles. The van der Waals surface area contributed by atoms with E-state index >= 15 is 0 Å². The van der Waals surface area contributed by atoms with Crippen LogP contribution in [0, 0.1) is 0 Å². The lowest BCUT2D eigenvalue weighted by atomic mass is 10.1. The van der Waals surface area contributed by atoms with Crippen LogP contribution in [-0.4, -0.2) is 12.1 Å². The summed E-state index contributed by atoms with van der Waals surface area (Å²) in [5.41, 5.74) is 2.47. The zero-order valence-corrected chi connectivity index (χ0v) is 13.7. The summed E-state index contributed by atoms with van der Waals surface area (Å²) < 4.78 is 10.6. The van der Waals surface area contributed by atoms with E-state index in [4.69, 9.17) is 9.15 Å². The Labute approximate surface area is 142 Å². The molecule has 0 aliphatic rings. The van der Waals surface area contributed by atoms with Gasteiger partial charge in [-0.15, -0.1) is 11.3 Å². The molecule has 5 heteroatoms. The van der Waals surface area contributed by atoms with E-state index in [0.717, 1.165) is 16.6 Å². The number of thiazole rings is 1. The fourth-order valence-electron chi connectivity index (χ4n) is 2.52. The van der Waals surface area contributed by atoms with E-state index in [-0.39, 0.29) is 5.63 Å². The first kappa shape index (κ1) is 14.7. The van der Waals surface area contributed by atoms with Crippen LogP contribution in [0.1, 0.15) is 0 Å². The largest absolute Gasteiger partial charge is 0.497 e. The summed E-state index contributed by atoms with van der Waals surface area (Å²) in [4.78, 5) is 16.9. The monoisotopic (exact) mass is 335 g/mol. The second-order valence-corrected chi connectivity index (χ2v) is 6.11. The van der Waals surface area contributed by atoms with Gasteiger partial charge in [0.15, 0.2) is 0 Å². The van der Waals surface area contributed by atoms with Crippen LogP contribution in [0.15, 0.2) is 69.2 Å². The van der Waals surface area contributed by atoms with Crippen LogP contribution in [0.5, 0.6) is 5.75 Å². The number of fused-ring (bicyclic) bond motifs is 1. The highest BCUT2D eigenvalue weighted by Crippen LogP contribution is 2.29. The van der Waals surface area contributed by atoms with Gasteiger partial charge < -0.3 is 9.15 Å². The predicted molar refractivity (Wildman–Crippen MR) is 95.6 cm³/mol. The summed E-state index contributed by atoms with van der Waals surface area (Å²) in [5.74, 6) is 0.714. The zero-order valence-electron chi connectivity index (χ0n) is 12.9. The van der Waals surface area contributed by atoms with Crippen LogP contribution < -0.4 is 10.4 Å². The highest BCUT2D eigenvalue weighted by Gasteiger charge is 2.13. The topological polar surface area (TPSA) is 52.3 Å². The lowest BCUT2D eigenvalue weighted by Gasteiger charge is -2.03. The lowest BCUT2D eigenvalue weighted by molar-refractivity contribution is 0.415. The van der Waals surface area contributed by atoms with Gasteiger partial charge in [0.05, 0.1) is 18.4 Å². The van der Waals surface area contributed by atoms with Crippen molar-refractivity contribution < 1.29 is 9.15 Å².